The maximum Gasteiger partial charge on any atom is 0.327 e. The van der Waals surface area contributed by atoms with Crippen LogP contribution in [0.25, 0.3) is 0 Å². The number of aliphatic carboxylic acids is 1. The predicted molar refractivity (Wildman–Crippen MR) is 87.5 cm³/mol. The van der Waals surface area contributed by atoms with Gasteiger partial charge >= 0.3 is 5.97 Å². The van der Waals surface area contributed by atoms with Crippen LogP contribution in [0, 0.1) is 0 Å². The normalized spacial score (nSPS) is 11.1. The monoisotopic (exact) mass is 296 g/mol. The minimum atomic E-state index is -0.879. The second-order valence-electron chi connectivity index (χ2n) is 5.75. The highest BCUT2D eigenvalue weighted by atomic mass is 16.4. The van der Waals surface area contributed by atoms with Crippen molar-refractivity contribution in [3.8, 4) is 0 Å². The summed E-state index contributed by atoms with van der Waals surface area (Å²) in [5.41, 5.74) is 0. The van der Waals surface area contributed by atoms with Gasteiger partial charge in [-0.3, -0.25) is 4.79 Å². The van der Waals surface area contributed by atoms with Crippen LogP contribution in [0.1, 0.15) is 90.4 Å². The second-order valence-corrected chi connectivity index (χ2v) is 5.75. The van der Waals surface area contributed by atoms with Crippen LogP contribution in [0.4, 0.5) is 0 Å². The van der Waals surface area contributed by atoms with E-state index in [0.717, 1.165) is 51.4 Å². The molecule has 0 aromatic heterocycles. The maximum absolute atomic E-state index is 11.7. The molecule has 1 N–H and O–H groups in total. The van der Waals surface area contributed by atoms with Gasteiger partial charge < -0.3 is 5.11 Å². The summed E-state index contributed by atoms with van der Waals surface area (Å²) in [6.45, 7) is 2.21. The number of carboxylic acid groups (broad SMARTS) is 1. The molecular formula is C18H32O3. The fourth-order valence-corrected chi connectivity index (χ4v) is 2.35. The van der Waals surface area contributed by atoms with E-state index >= 15 is 0 Å². The van der Waals surface area contributed by atoms with Crippen molar-refractivity contribution < 1.29 is 14.7 Å². The number of carbonyl (C=O) groups is 2. The molecule has 0 fully saturated rings. The first kappa shape index (κ1) is 19.9. The lowest BCUT2D eigenvalue weighted by Crippen LogP contribution is -1.97. The molecule has 0 bridgehead atoms. The molecule has 0 atom stereocenters. The molecule has 0 rings (SSSR count). The molecule has 0 amide bonds. The van der Waals surface area contributed by atoms with Crippen LogP contribution in [0.5, 0.6) is 0 Å². The van der Waals surface area contributed by atoms with E-state index in [1.54, 1.807) is 6.08 Å². The molecule has 3 heteroatoms. The summed E-state index contributed by atoms with van der Waals surface area (Å²) in [4.78, 5) is 21.9. The van der Waals surface area contributed by atoms with Crippen molar-refractivity contribution in [2.24, 2.45) is 0 Å². The van der Waals surface area contributed by atoms with Gasteiger partial charge in [0, 0.05) is 18.9 Å². The summed E-state index contributed by atoms with van der Waals surface area (Å²) < 4.78 is 0. The number of Topliss-reactive ketones (excluding diaryl/α,β-unsaturated/α-hetero) is 1. The van der Waals surface area contributed by atoms with Gasteiger partial charge in [-0.05, 0) is 25.7 Å². The summed E-state index contributed by atoms with van der Waals surface area (Å²) in [6.07, 6.45) is 16.8. The van der Waals surface area contributed by atoms with E-state index in [9.17, 15) is 9.59 Å². The molecule has 0 aliphatic rings. The Morgan fingerprint density at radius 2 is 1.33 bits per heavy atom. The number of rotatable bonds is 15. The highest BCUT2D eigenvalue weighted by molar-refractivity contribution is 5.79. The molecule has 0 aliphatic heterocycles. The number of allylic oxidation sites excluding steroid dienone is 1. The summed E-state index contributed by atoms with van der Waals surface area (Å²) in [7, 11) is 0. The topological polar surface area (TPSA) is 54.4 Å². The van der Waals surface area contributed by atoms with Crippen LogP contribution in [-0.2, 0) is 9.59 Å². The third-order valence-electron chi connectivity index (χ3n) is 3.65. The fraction of sp³-hybridized carbons (Fsp3) is 0.778. The van der Waals surface area contributed by atoms with Crippen molar-refractivity contribution in [1.82, 2.24) is 0 Å². The molecule has 0 spiro atoms. The van der Waals surface area contributed by atoms with Gasteiger partial charge in [0.2, 0.25) is 0 Å². The van der Waals surface area contributed by atoms with Crippen LogP contribution in [-0.4, -0.2) is 16.9 Å². The molecule has 0 heterocycles. The zero-order valence-electron chi connectivity index (χ0n) is 13.6. The molecule has 0 saturated carbocycles. The second kappa shape index (κ2) is 15.3. The maximum atomic E-state index is 11.7. The van der Waals surface area contributed by atoms with Crippen LogP contribution in [0.15, 0.2) is 12.2 Å². The molecule has 0 unspecified atom stereocenters. The largest absolute Gasteiger partial charge is 0.478 e. The van der Waals surface area contributed by atoms with Gasteiger partial charge in [-0.15, -0.1) is 0 Å². The van der Waals surface area contributed by atoms with Crippen molar-refractivity contribution in [1.29, 1.82) is 0 Å². The average molecular weight is 296 g/mol. The van der Waals surface area contributed by atoms with Gasteiger partial charge in [-0.25, -0.2) is 4.79 Å². The third kappa shape index (κ3) is 16.8. The molecule has 122 valence electrons. The first-order valence-electron chi connectivity index (χ1n) is 8.58. The van der Waals surface area contributed by atoms with Gasteiger partial charge in [0.15, 0.2) is 0 Å². The number of hydrogen-bond donors (Lipinski definition) is 1. The number of hydrogen-bond acceptors (Lipinski definition) is 2. The van der Waals surface area contributed by atoms with Crippen molar-refractivity contribution in [3.05, 3.63) is 12.2 Å². The Labute approximate surface area is 129 Å². The Balaban J connectivity index is 3.24. The quantitative estimate of drug-likeness (QED) is 0.330. The van der Waals surface area contributed by atoms with Crippen molar-refractivity contribution >= 4 is 11.8 Å². The molecule has 0 aromatic rings. The van der Waals surface area contributed by atoms with Crippen LogP contribution in [0.2, 0.25) is 0 Å². The zero-order chi connectivity index (χ0) is 15.8. The van der Waals surface area contributed by atoms with E-state index in [2.05, 4.69) is 6.92 Å². The Kier molecular flexibility index (Phi) is 14.5. The lowest BCUT2D eigenvalue weighted by Gasteiger charge is -2.02. The summed E-state index contributed by atoms with van der Waals surface area (Å²) in [5, 5.41) is 8.42. The lowest BCUT2D eigenvalue weighted by molar-refractivity contribution is -0.131. The SMILES string of the molecule is CCCCCCCCC(=O)CCCCCCC=CC(=O)O. The molecular weight excluding hydrogens is 264 g/mol. The van der Waals surface area contributed by atoms with Gasteiger partial charge in [-0.2, -0.15) is 0 Å². The minimum absolute atomic E-state index is 0.413. The van der Waals surface area contributed by atoms with Crippen molar-refractivity contribution in [3.63, 3.8) is 0 Å². The van der Waals surface area contributed by atoms with Gasteiger partial charge in [0.25, 0.3) is 0 Å². The fourth-order valence-electron chi connectivity index (χ4n) is 2.35. The summed E-state index contributed by atoms with van der Waals surface area (Å²) in [5.74, 6) is -0.466. The first-order valence-corrected chi connectivity index (χ1v) is 8.58. The number of carboxylic acids is 1. The molecule has 21 heavy (non-hydrogen) atoms. The Morgan fingerprint density at radius 3 is 1.90 bits per heavy atom. The lowest BCUT2D eigenvalue weighted by atomic mass is 10.0. The minimum Gasteiger partial charge on any atom is -0.478 e. The standard InChI is InChI=1S/C18H32O3/c1-2-3-4-5-8-11-14-17(19)15-12-9-6-7-10-13-16-18(20)21/h13,16H,2-12,14-15H2,1H3,(H,20,21). The van der Waals surface area contributed by atoms with E-state index in [1.807, 2.05) is 0 Å². The van der Waals surface area contributed by atoms with E-state index in [0.29, 0.717) is 5.78 Å². The van der Waals surface area contributed by atoms with Crippen LogP contribution < -0.4 is 0 Å². The Morgan fingerprint density at radius 1 is 0.810 bits per heavy atom. The Hall–Kier alpha value is -1.12. The van der Waals surface area contributed by atoms with Crippen molar-refractivity contribution in [2.45, 2.75) is 90.4 Å². The summed E-state index contributed by atoms with van der Waals surface area (Å²) in [6, 6.07) is 0. The number of ketones is 1. The van der Waals surface area contributed by atoms with E-state index < -0.39 is 5.97 Å². The molecule has 0 radical (unpaired) electrons. The smallest absolute Gasteiger partial charge is 0.327 e. The van der Waals surface area contributed by atoms with E-state index in [-0.39, 0.29) is 0 Å². The molecule has 3 nitrogen and oxygen atoms in total. The van der Waals surface area contributed by atoms with Gasteiger partial charge in [0.1, 0.15) is 5.78 Å². The molecule has 0 aliphatic carbocycles. The van der Waals surface area contributed by atoms with E-state index in [4.69, 9.17) is 5.11 Å². The average Bonchev–Trinajstić information content (AvgIpc) is 2.45. The zero-order valence-corrected chi connectivity index (χ0v) is 13.6. The van der Waals surface area contributed by atoms with Crippen molar-refractivity contribution in [2.75, 3.05) is 0 Å². The van der Waals surface area contributed by atoms with Crippen LogP contribution in [0.3, 0.4) is 0 Å². The van der Waals surface area contributed by atoms with Crippen LogP contribution >= 0.6 is 0 Å². The molecule has 0 saturated heterocycles. The third-order valence-corrected chi connectivity index (χ3v) is 3.65. The first-order chi connectivity index (χ1) is 10.2. The predicted octanol–water partition coefficient (Wildman–Crippen LogP) is 5.29. The Bertz CT molecular complexity index is 295. The highest BCUT2D eigenvalue weighted by Crippen LogP contribution is 2.11. The molecule has 0 aromatic carbocycles. The van der Waals surface area contributed by atoms with Gasteiger partial charge in [0.05, 0.1) is 0 Å². The number of unbranched alkanes of at least 4 members (excludes halogenated alkanes) is 9. The number of carbonyl (C=O) groups excluding carboxylic acids is 1. The summed E-state index contributed by atoms with van der Waals surface area (Å²) >= 11 is 0. The highest BCUT2D eigenvalue weighted by Gasteiger charge is 2.01. The van der Waals surface area contributed by atoms with E-state index in [1.165, 1.54) is 38.2 Å². The van der Waals surface area contributed by atoms with Gasteiger partial charge in [-0.1, -0.05) is 57.9 Å².